The van der Waals surface area contributed by atoms with E-state index in [2.05, 4.69) is 18.8 Å². The van der Waals surface area contributed by atoms with Gasteiger partial charge in [0, 0.05) is 37.6 Å². The van der Waals surface area contributed by atoms with Crippen LogP contribution in [-0.4, -0.2) is 24.2 Å². The van der Waals surface area contributed by atoms with Crippen molar-refractivity contribution in [1.82, 2.24) is 4.98 Å². The molecule has 1 aromatic rings. The number of pyridine rings is 1. The minimum absolute atomic E-state index is 0.0954. The Labute approximate surface area is 185 Å². The van der Waals surface area contributed by atoms with Crippen LogP contribution in [0.3, 0.4) is 0 Å². The highest BCUT2D eigenvalue weighted by molar-refractivity contribution is 5.69. The molecule has 172 valence electrons. The minimum atomic E-state index is -0.0954. The zero-order valence-electron chi connectivity index (χ0n) is 19.6. The summed E-state index contributed by atoms with van der Waals surface area (Å²) in [4.78, 5) is 15.8. The molecule has 0 bridgehead atoms. The molecule has 0 fully saturated rings. The van der Waals surface area contributed by atoms with Crippen LogP contribution < -0.4 is 0 Å². The van der Waals surface area contributed by atoms with E-state index < -0.39 is 0 Å². The summed E-state index contributed by atoms with van der Waals surface area (Å²) in [6.45, 7) is 6.58. The Morgan fingerprint density at radius 3 is 2.20 bits per heavy atom. The van der Waals surface area contributed by atoms with Crippen LogP contribution in [-0.2, 0) is 20.9 Å². The summed E-state index contributed by atoms with van der Waals surface area (Å²) in [5.74, 6) is 0.769. The van der Waals surface area contributed by atoms with Crippen molar-refractivity contribution in [3.8, 4) is 0 Å². The summed E-state index contributed by atoms with van der Waals surface area (Å²) in [5, 5.41) is 0. The molecule has 0 N–H and O–H groups in total. The van der Waals surface area contributed by atoms with Gasteiger partial charge in [-0.05, 0) is 31.7 Å². The second-order valence-electron chi connectivity index (χ2n) is 8.54. The average Bonchev–Trinajstić information content (AvgIpc) is 2.76. The smallest absolute Gasteiger partial charge is 0.306 e. The molecule has 30 heavy (non-hydrogen) atoms. The lowest BCUT2D eigenvalue weighted by atomic mass is 9.96. The van der Waals surface area contributed by atoms with Gasteiger partial charge in [-0.2, -0.15) is 0 Å². The van der Waals surface area contributed by atoms with Crippen molar-refractivity contribution in [3.05, 3.63) is 30.1 Å². The Balaban J connectivity index is 1.81. The van der Waals surface area contributed by atoms with Gasteiger partial charge in [-0.3, -0.25) is 9.78 Å². The van der Waals surface area contributed by atoms with E-state index in [1.165, 1.54) is 70.6 Å². The Morgan fingerprint density at radius 2 is 1.57 bits per heavy atom. The third kappa shape index (κ3) is 16.4. The van der Waals surface area contributed by atoms with Crippen LogP contribution in [0.4, 0.5) is 0 Å². The normalized spacial score (nSPS) is 12.1. The summed E-state index contributed by atoms with van der Waals surface area (Å²) < 4.78 is 10.7. The van der Waals surface area contributed by atoms with Gasteiger partial charge < -0.3 is 9.47 Å². The fourth-order valence-electron chi connectivity index (χ4n) is 3.70. The van der Waals surface area contributed by atoms with E-state index in [1.807, 2.05) is 12.1 Å². The maximum Gasteiger partial charge on any atom is 0.306 e. The number of rotatable bonds is 20. The second-order valence-corrected chi connectivity index (χ2v) is 8.54. The molecule has 1 aromatic heterocycles. The maximum absolute atomic E-state index is 11.8. The van der Waals surface area contributed by atoms with Crippen LogP contribution in [0.15, 0.2) is 24.5 Å². The average molecular weight is 420 g/mol. The van der Waals surface area contributed by atoms with Crippen LogP contribution in [0.5, 0.6) is 0 Å². The standard InChI is InChI=1S/C26H45NO3/c1-3-29-21-14-10-6-8-12-17-24(2)16-11-7-4-5-9-13-19-26(28)30-23-25-18-15-20-27-22-25/h15,18,20,22,24H,3-14,16-17,19,21,23H2,1-2H3. The molecule has 4 nitrogen and oxygen atoms in total. The van der Waals surface area contributed by atoms with Crippen LogP contribution in [0.2, 0.25) is 0 Å². The first-order valence-electron chi connectivity index (χ1n) is 12.3. The summed E-state index contributed by atoms with van der Waals surface area (Å²) in [6, 6.07) is 3.78. The van der Waals surface area contributed by atoms with Gasteiger partial charge in [-0.15, -0.1) is 0 Å². The van der Waals surface area contributed by atoms with Crippen molar-refractivity contribution in [3.63, 3.8) is 0 Å². The fourth-order valence-corrected chi connectivity index (χ4v) is 3.70. The predicted octanol–water partition coefficient (Wildman–Crippen LogP) is 7.26. The molecule has 0 aromatic carbocycles. The molecular weight excluding hydrogens is 374 g/mol. The van der Waals surface area contributed by atoms with Gasteiger partial charge in [0.15, 0.2) is 0 Å². The minimum Gasteiger partial charge on any atom is -0.461 e. The van der Waals surface area contributed by atoms with Gasteiger partial charge in [0.25, 0.3) is 0 Å². The number of unbranched alkanes of at least 4 members (excludes halogenated alkanes) is 9. The molecule has 1 heterocycles. The molecule has 0 saturated heterocycles. The molecule has 1 unspecified atom stereocenters. The van der Waals surface area contributed by atoms with Crippen molar-refractivity contribution < 1.29 is 14.3 Å². The van der Waals surface area contributed by atoms with Gasteiger partial charge in [0.2, 0.25) is 0 Å². The molecule has 4 heteroatoms. The van der Waals surface area contributed by atoms with Crippen molar-refractivity contribution >= 4 is 5.97 Å². The highest BCUT2D eigenvalue weighted by Crippen LogP contribution is 2.18. The molecule has 0 aliphatic heterocycles. The van der Waals surface area contributed by atoms with Crippen LogP contribution in [0.1, 0.15) is 109 Å². The van der Waals surface area contributed by atoms with Crippen molar-refractivity contribution in [2.24, 2.45) is 5.92 Å². The summed E-state index contributed by atoms with van der Waals surface area (Å²) >= 11 is 0. The van der Waals surface area contributed by atoms with E-state index in [4.69, 9.17) is 9.47 Å². The van der Waals surface area contributed by atoms with E-state index in [9.17, 15) is 4.79 Å². The number of ether oxygens (including phenoxy) is 2. The number of hydrogen-bond acceptors (Lipinski definition) is 4. The molecular formula is C26H45NO3. The van der Waals surface area contributed by atoms with Crippen LogP contribution >= 0.6 is 0 Å². The fraction of sp³-hybridized carbons (Fsp3) is 0.769. The lowest BCUT2D eigenvalue weighted by molar-refractivity contribution is -0.145. The second kappa shape index (κ2) is 19.5. The third-order valence-electron chi connectivity index (χ3n) is 5.64. The Bertz CT molecular complexity index is 506. The Hall–Kier alpha value is -1.42. The largest absolute Gasteiger partial charge is 0.461 e. The molecule has 0 aliphatic carbocycles. The third-order valence-corrected chi connectivity index (χ3v) is 5.64. The van der Waals surface area contributed by atoms with Crippen molar-refractivity contribution in [2.75, 3.05) is 13.2 Å². The maximum atomic E-state index is 11.8. The topological polar surface area (TPSA) is 48.4 Å². The molecule has 0 aliphatic rings. The zero-order chi connectivity index (χ0) is 21.7. The number of nitrogens with zero attached hydrogens (tertiary/aromatic N) is 1. The Morgan fingerprint density at radius 1 is 0.933 bits per heavy atom. The number of esters is 1. The summed E-state index contributed by atoms with van der Waals surface area (Å²) in [5.41, 5.74) is 0.942. The first-order chi connectivity index (χ1) is 14.7. The lowest BCUT2D eigenvalue weighted by Gasteiger charge is -2.11. The van der Waals surface area contributed by atoms with E-state index in [1.54, 1.807) is 12.4 Å². The van der Waals surface area contributed by atoms with Gasteiger partial charge in [0.05, 0.1) is 0 Å². The quantitative estimate of drug-likeness (QED) is 0.165. The molecule has 0 amide bonds. The van der Waals surface area contributed by atoms with Gasteiger partial charge in [0.1, 0.15) is 6.61 Å². The summed E-state index contributed by atoms with van der Waals surface area (Å²) in [7, 11) is 0. The molecule has 0 spiro atoms. The first-order valence-corrected chi connectivity index (χ1v) is 12.3. The van der Waals surface area contributed by atoms with Gasteiger partial charge in [-0.1, -0.05) is 83.6 Å². The van der Waals surface area contributed by atoms with Crippen molar-refractivity contribution in [1.29, 1.82) is 0 Å². The van der Waals surface area contributed by atoms with Crippen LogP contribution in [0.25, 0.3) is 0 Å². The predicted molar refractivity (Wildman–Crippen MR) is 124 cm³/mol. The Kier molecular flexibility index (Phi) is 17.3. The molecule has 0 radical (unpaired) electrons. The van der Waals surface area contributed by atoms with E-state index in [0.29, 0.717) is 13.0 Å². The van der Waals surface area contributed by atoms with Crippen molar-refractivity contribution in [2.45, 2.75) is 110 Å². The number of aromatic nitrogens is 1. The van der Waals surface area contributed by atoms with E-state index in [-0.39, 0.29) is 5.97 Å². The monoisotopic (exact) mass is 419 g/mol. The van der Waals surface area contributed by atoms with E-state index >= 15 is 0 Å². The highest BCUT2D eigenvalue weighted by atomic mass is 16.5. The molecule has 0 saturated carbocycles. The number of hydrogen-bond donors (Lipinski definition) is 0. The van der Waals surface area contributed by atoms with Gasteiger partial charge in [-0.25, -0.2) is 0 Å². The van der Waals surface area contributed by atoms with Crippen LogP contribution in [0, 0.1) is 5.92 Å². The summed E-state index contributed by atoms with van der Waals surface area (Å²) in [6.07, 6.45) is 20.6. The molecule has 1 atom stereocenters. The first kappa shape index (κ1) is 26.6. The van der Waals surface area contributed by atoms with Gasteiger partial charge >= 0.3 is 5.97 Å². The zero-order valence-corrected chi connectivity index (χ0v) is 19.6. The number of carbonyl (C=O) groups excluding carboxylic acids is 1. The molecule has 1 rings (SSSR count). The van der Waals surface area contributed by atoms with E-state index in [0.717, 1.165) is 37.5 Å². The SMILES string of the molecule is CCOCCCCCCCC(C)CCCCCCCCC(=O)OCc1cccnc1. The highest BCUT2D eigenvalue weighted by Gasteiger charge is 2.04. The lowest BCUT2D eigenvalue weighted by Crippen LogP contribution is -2.04. The number of carbonyl (C=O) groups is 1.